The van der Waals surface area contributed by atoms with E-state index in [4.69, 9.17) is 47.0 Å². The summed E-state index contributed by atoms with van der Waals surface area (Å²) < 4.78 is 60.4. The molecule has 5 heterocycles. The zero-order valence-electron chi connectivity index (χ0n) is 63.3. The van der Waals surface area contributed by atoms with Crippen LogP contribution in [-0.2, 0) is 86.4 Å². The van der Waals surface area contributed by atoms with Gasteiger partial charge in [0, 0.05) is 94.8 Å². The number of cyclic esters (lactones) is 2. The predicted octanol–water partition coefficient (Wildman–Crippen LogP) is 11.3. The summed E-state index contributed by atoms with van der Waals surface area (Å²) in [5, 5.41) is 22.5. The van der Waals surface area contributed by atoms with Gasteiger partial charge in [-0.3, -0.25) is 38.4 Å². The van der Waals surface area contributed by atoms with E-state index < -0.39 is 149 Å². The molecule has 0 spiro atoms. The Labute approximate surface area is 612 Å². The molecule has 23 heteroatoms. The number of carbonyl (C=O) groups excluding carboxylic acids is 10. The number of aliphatic hydroxyl groups excluding tert-OH is 1. The van der Waals surface area contributed by atoms with Gasteiger partial charge in [0.25, 0.3) is 11.7 Å². The first-order chi connectivity index (χ1) is 49.4. The van der Waals surface area contributed by atoms with Crippen LogP contribution in [0, 0.1) is 46.8 Å². The van der Waals surface area contributed by atoms with Crippen molar-refractivity contribution >= 4 is 58.9 Å². The molecule has 0 radical (unpaired) electrons. The second-order valence-electron chi connectivity index (χ2n) is 31.6. The average molecular weight is 1450 g/mol. The third kappa shape index (κ3) is 17.9. The van der Waals surface area contributed by atoms with Crippen molar-refractivity contribution in [3.8, 4) is 0 Å². The van der Waals surface area contributed by atoms with Crippen LogP contribution in [0.4, 0.5) is 0 Å². The Hall–Kier alpha value is -6.76. The smallest absolute Gasteiger partial charge is 0.342 e. The van der Waals surface area contributed by atoms with Crippen molar-refractivity contribution in [3.05, 3.63) is 81.9 Å². The number of hydrogen-bond acceptors (Lipinski definition) is 22. The van der Waals surface area contributed by atoms with Crippen molar-refractivity contribution in [2.45, 2.75) is 283 Å². The topological polar surface area (TPSA) is 311 Å². The lowest BCUT2D eigenvalue weighted by Gasteiger charge is -2.52. The summed E-state index contributed by atoms with van der Waals surface area (Å²) in [5.74, 6) is -11.7. The number of carbonyl (C=O) groups is 10. The van der Waals surface area contributed by atoms with Crippen LogP contribution in [0.1, 0.15) is 237 Å². The van der Waals surface area contributed by atoms with E-state index in [1.165, 1.54) is 32.3 Å². The zero-order chi connectivity index (χ0) is 75.7. The standard InChI is InChI=1S/C81H113NO22/c1-45-23-17-16-18-24-46(2)60(96-12)40-55-33-28-51(7)81(94,104-55)75(90)76(91)82-36-22-21-25-58(82)78(93)100-61(48(4)39-53-29-31-54(84)32-30-53)41-59(85)47(3)38-50(6)72(74(97-13)70(88)49(5)37-45)103-66(87)27-20-15-14-19-26-65(86)101-63-35-34-57-67-69(62(99-52(8)83)42-79(57,63)9)80(10)64(44-95-11)102-77(92)56-43-98-73(68(56)80)71(67)89/h16-18,23-24,38,43,45,47-49,51,53-55,57-58,60-64,72,74,84,94H,14-15,19-22,25-37,39-42,44H2,1-13H3/b18-16+,23-17+,46-24+,50-38+/t45-,47-,48+,49-,51-,53?,54?,55+,57+,58+,60+,61+,62-,63+,64-,72-,74+,79+,80+,81-/m1/s1. The van der Waals surface area contributed by atoms with Crippen molar-refractivity contribution in [1.29, 1.82) is 0 Å². The Morgan fingerprint density at radius 1 is 0.760 bits per heavy atom. The minimum absolute atomic E-state index is 0.00337. The number of unbranched alkanes of at least 4 members (excludes halogenated alkanes) is 3. The molecule has 574 valence electrons. The summed E-state index contributed by atoms with van der Waals surface area (Å²) in [7, 11) is 4.42. The fraction of sp³-hybridized carbons (Fsp3) is 0.704. The highest BCUT2D eigenvalue weighted by Crippen LogP contribution is 2.63. The molecule has 4 aliphatic carbocycles. The molecule has 8 aliphatic rings. The molecular formula is C81H113NO22. The van der Waals surface area contributed by atoms with Crippen LogP contribution in [0.5, 0.6) is 0 Å². The first-order valence-corrected chi connectivity index (χ1v) is 38.0. The van der Waals surface area contributed by atoms with Gasteiger partial charge in [-0.1, -0.05) is 90.8 Å². The molecule has 18 atom stereocenters. The molecule has 2 saturated heterocycles. The molecule has 2 saturated carbocycles. The molecule has 23 nitrogen and oxygen atoms in total. The molecule has 4 aliphatic heterocycles. The molecule has 4 fully saturated rings. The Bertz CT molecular complexity index is 3490. The first-order valence-electron chi connectivity index (χ1n) is 38.0. The molecule has 2 bridgehead atoms. The first kappa shape index (κ1) is 81.3. The van der Waals surface area contributed by atoms with Crippen molar-refractivity contribution in [2.75, 3.05) is 34.5 Å². The summed E-state index contributed by atoms with van der Waals surface area (Å²) in [5.41, 5.74) is 0.720. The highest BCUT2D eigenvalue weighted by atomic mass is 16.6. The van der Waals surface area contributed by atoms with Crippen LogP contribution in [0.3, 0.4) is 0 Å². The largest absolute Gasteiger partial charge is 0.462 e. The number of Topliss-reactive ketones (excluding diaryl/α,β-unsaturated/α-hetero) is 4. The summed E-state index contributed by atoms with van der Waals surface area (Å²) in [6.07, 6.45) is 13.7. The van der Waals surface area contributed by atoms with Crippen molar-refractivity contribution in [3.63, 3.8) is 0 Å². The van der Waals surface area contributed by atoms with Gasteiger partial charge in [0.15, 0.2) is 23.8 Å². The van der Waals surface area contributed by atoms with Gasteiger partial charge in [0.1, 0.15) is 48.1 Å². The summed E-state index contributed by atoms with van der Waals surface area (Å²) in [4.78, 5) is 143. The number of hydrogen-bond donors (Lipinski definition) is 2. The van der Waals surface area contributed by atoms with Gasteiger partial charge in [-0.15, -0.1) is 0 Å². The van der Waals surface area contributed by atoms with E-state index in [0.29, 0.717) is 112 Å². The van der Waals surface area contributed by atoms with Crippen LogP contribution >= 0.6 is 0 Å². The third-order valence-corrected chi connectivity index (χ3v) is 24.0. The van der Waals surface area contributed by atoms with Crippen molar-refractivity contribution in [2.24, 2.45) is 46.8 Å². The lowest BCUT2D eigenvalue weighted by Crippen LogP contribution is -2.61. The minimum Gasteiger partial charge on any atom is -0.462 e. The van der Waals surface area contributed by atoms with Crippen LogP contribution in [0.2, 0.25) is 0 Å². The molecule has 1 aromatic rings. The van der Waals surface area contributed by atoms with Gasteiger partial charge in [-0.2, -0.15) is 0 Å². The van der Waals surface area contributed by atoms with E-state index in [1.807, 2.05) is 65.0 Å². The van der Waals surface area contributed by atoms with Crippen LogP contribution in [0.15, 0.2) is 69.4 Å². The number of ether oxygens (including phenoxy) is 9. The monoisotopic (exact) mass is 1450 g/mol. The van der Waals surface area contributed by atoms with Crippen molar-refractivity contribution in [1.82, 2.24) is 4.90 Å². The maximum absolute atomic E-state index is 14.8. The molecule has 104 heavy (non-hydrogen) atoms. The van der Waals surface area contributed by atoms with E-state index >= 15 is 0 Å². The highest BCUT2D eigenvalue weighted by Gasteiger charge is 2.65. The molecule has 0 aromatic carbocycles. The molecule has 1 aromatic heterocycles. The van der Waals surface area contributed by atoms with E-state index in [-0.39, 0.29) is 92.3 Å². The Morgan fingerprint density at radius 2 is 1.46 bits per heavy atom. The van der Waals surface area contributed by atoms with Gasteiger partial charge >= 0.3 is 29.8 Å². The number of rotatable bonds is 17. The Kier molecular flexibility index (Phi) is 27.6. The molecule has 9 rings (SSSR count). The number of methoxy groups -OCH3 is 3. The quantitative estimate of drug-likeness (QED) is 0.0481. The normalized spacial score (nSPS) is 36.9. The van der Waals surface area contributed by atoms with Gasteiger partial charge in [-0.05, 0) is 164 Å². The van der Waals surface area contributed by atoms with E-state index in [9.17, 15) is 58.2 Å². The number of nitrogens with zero attached hydrogens (tertiary/aromatic N) is 1. The average Bonchev–Trinajstić information content (AvgIpc) is 1.37. The van der Waals surface area contributed by atoms with Gasteiger partial charge in [-0.25, -0.2) is 9.59 Å². The summed E-state index contributed by atoms with van der Waals surface area (Å²) in [6, 6.07) is -1.20. The Morgan fingerprint density at radius 3 is 2.13 bits per heavy atom. The molecular weight excluding hydrogens is 1340 g/mol. The van der Waals surface area contributed by atoms with E-state index in [1.54, 1.807) is 40.9 Å². The predicted molar refractivity (Wildman–Crippen MR) is 380 cm³/mol. The fourth-order valence-electron chi connectivity index (χ4n) is 17.9. The summed E-state index contributed by atoms with van der Waals surface area (Å²) >= 11 is 0. The van der Waals surface area contributed by atoms with Crippen LogP contribution < -0.4 is 0 Å². The second-order valence-corrected chi connectivity index (χ2v) is 31.6. The minimum atomic E-state index is -2.48. The number of amides is 1. The number of ketones is 4. The van der Waals surface area contributed by atoms with Gasteiger partial charge in [0.05, 0.1) is 30.3 Å². The number of piperidine rings is 1. The van der Waals surface area contributed by atoms with Gasteiger partial charge in [0.2, 0.25) is 11.6 Å². The molecule has 2 N–H and O–H groups in total. The second kappa shape index (κ2) is 35.3. The number of esters is 5. The van der Waals surface area contributed by atoms with Crippen molar-refractivity contribution < 1.29 is 105 Å². The van der Waals surface area contributed by atoms with Crippen LogP contribution in [0.25, 0.3) is 0 Å². The zero-order valence-corrected chi connectivity index (χ0v) is 63.3. The van der Waals surface area contributed by atoms with Crippen LogP contribution in [-0.4, -0.2) is 175 Å². The molecule has 1 amide bonds. The van der Waals surface area contributed by atoms with E-state index in [0.717, 1.165) is 18.4 Å². The number of furan rings is 1. The SMILES string of the molecule is COC[C@H]1OC(=O)c2coc3c2[C@@]1(C)C1=C(C3=O)[C@@H]2CC[C@H](OC(=O)CCCCCCC(=O)O[C@@H]3/C(C)=C/[C@@H](C)C(=O)C[C@@H]([C@@H](C)CC4CCC(O)CC4)OC(=O)[C@@H]4CCCCN4C(=O)C(=O)[C@]4(O)O[C@@H](CC[C@H]4C)C[C@H](OC)/C(C)=C/C=C/C=C/[C@@H](C)C[C@@H](C)C(=O)[C@@H]3OC)[C@@]2(C)C[C@H]1OC(C)=O. The number of aliphatic hydroxyl groups is 2. The third-order valence-electron chi connectivity index (χ3n) is 24.0. The highest BCUT2D eigenvalue weighted by molar-refractivity contribution is 6.39. The fourth-order valence-corrected chi connectivity index (χ4v) is 17.9. The maximum Gasteiger partial charge on any atom is 0.342 e. The van der Waals surface area contributed by atoms with E-state index in [2.05, 4.69) is 0 Å². The molecule has 0 unspecified atom stereocenters. The maximum atomic E-state index is 14.8. The van der Waals surface area contributed by atoms with Gasteiger partial charge < -0.3 is 62.2 Å². The lowest BCUT2D eigenvalue weighted by atomic mass is 9.54. The number of fused-ring (bicyclic) bond motifs is 6. The number of allylic oxidation sites excluding steroid dienone is 7. The Balaban J connectivity index is 0.892. The lowest BCUT2D eigenvalue weighted by molar-refractivity contribution is -0.265. The summed E-state index contributed by atoms with van der Waals surface area (Å²) in [6.45, 7) is 17.8.